The molecule has 0 spiro atoms. The summed E-state index contributed by atoms with van der Waals surface area (Å²) in [6.07, 6.45) is 1.47. The van der Waals surface area contributed by atoms with Crippen molar-refractivity contribution < 1.29 is 9.47 Å². The van der Waals surface area contributed by atoms with Gasteiger partial charge in [0, 0.05) is 10.2 Å². The maximum absolute atomic E-state index is 5.65. The van der Waals surface area contributed by atoms with Crippen molar-refractivity contribution in [3.8, 4) is 11.5 Å². The van der Waals surface area contributed by atoms with E-state index in [2.05, 4.69) is 26.1 Å². The molecule has 0 radical (unpaired) electrons. The largest absolute Gasteiger partial charge is 0.454 e. The Morgan fingerprint density at radius 2 is 2.17 bits per heavy atom. The third-order valence-electron chi connectivity index (χ3n) is 2.44. The molecule has 0 amide bonds. The van der Waals surface area contributed by atoms with Crippen LogP contribution in [0.1, 0.15) is 5.56 Å². The average molecular weight is 329 g/mol. The van der Waals surface area contributed by atoms with Crippen LogP contribution in [0.5, 0.6) is 11.5 Å². The van der Waals surface area contributed by atoms with E-state index in [4.69, 9.17) is 15.3 Å². The van der Waals surface area contributed by atoms with E-state index in [1.807, 2.05) is 12.1 Å². The molecule has 0 bridgehead atoms. The first-order valence-corrected chi connectivity index (χ1v) is 6.88. The summed E-state index contributed by atoms with van der Waals surface area (Å²) in [4.78, 5) is 0. The standard InChI is InChI=1S/C10H9BrN4O2S/c11-7-2-9-8(16-5-17-9)1-6(7)3-18-10-14-13-4-15(10)12/h1-2,4H,3,5,12H2. The molecular weight excluding hydrogens is 320 g/mol. The number of aromatic nitrogens is 3. The summed E-state index contributed by atoms with van der Waals surface area (Å²) in [5.74, 6) is 7.89. The zero-order valence-corrected chi connectivity index (χ0v) is 11.6. The van der Waals surface area contributed by atoms with Crippen LogP contribution in [0.2, 0.25) is 0 Å². The number of fused-ring (bicyclic) bond motifs is 1. The lowest BCUT2D eigenvalue weighted by molar-refractivity contribution is 0.174. The lowest BCUT2D eigenvalue weighted by Crippen LogP contribution is -2.07. The van der Waals surface area contributed by atoms with Gasteiger partial charge < -0.3 is 15.3 Å². The van der Waals surface area contributed by atoms with Crippen LogP contribution in [-0.2, 0) is 5.75 Å². The number of thioether (sulfide) groups is 1. The normalized spacial score (nSPS) is 12.9. The molecule has 2 N–H and O–H groups in total. The molecule has 1 aromatic heterocycles. The molecule has 6 nitrogen and oxygen atoms in total. The molecule has 0 saturated carbocycles. The minimum atomic E-state index is 0.273. The molecule has 0 atom stereocenters. The Morgan fingerprint density at radius 3 is 2.89 bits per heavy atom. The summed E-state index contributed by atoms with van der Waals surface area (Å²) in [6, 6.07) is 3.86. The van der Waals surface area contributed by atoms with Crippen LogP contribution in [0.15, 0.2) is 28.1 Å². The lowest BCUT2D eigenvalue weighted by atomic mass is 10.2. The Bertz CT molecular complexity index is 589. The van der Waals surface area contributed by atoms with Crippen molar-refractivity contribution in [3.05, 3.63) is 28.5 Å². The molecule has 1 aromatic carbocycles. The number of halogens is 1. The van der Waals surface area contributed by atoms with E-state index in [0.29, 0.717) is 10.9 Å². The molecule has 2 heterocycles. The van der Waals surface area contributed by atoms with Crippen molar-refractivity contribution in [3.63, 3.8) is 0 Å². The maximum Gasteiger partial charge on any atom is 0.231 e. The van der Waals surface area contributed by atoms with Gasteiger partial charge in [-0.05, 0) is 17.7 Å². The fourth-order valence-corrected chi connectivity index (χ4v) is 3.02. The minimum Gasteiger partial charge on any atom is -0.454 e. The maximum atomic E-state index is 5.65. The number of nitrogens with two attached hydrogens (primary N) is 1. The van der Waals surface area contributed by atoms with Crippen molar-refractivity contribution in [1.29, 1.82) is 0 Å². The van der Waals surface area contributed by atoms with E-state index in [1.54, 1.807) is 0 Å². The third kappa shape index (κ3) is 2.13. The molecule has 3 rings (SSSR count). The molecule has 0 unspecified atom stereocenters. The van der Waals surface area contributed by atoms with E-state index >= 15 is 0 Å². The van der Waals surface area contributed by atoms with Gasteiger partial charge in [-0.1, -0.05) is 27.7 Å². The summed E-state index contributed by atoms with van der Waals surface area (Å²) < 4.78 is 13.0. The van der Waals surface area contributed by atoms with Gasteiger partial charge in [0.15, 0.2) is 11.5 Å². The second-order valence-corrected chi connectivity index (χ2v) is 5.40. The number of hydrogen-bond acceptors (Lipinski definition) is 6. The number of nitrogen functional groups attached to an aromatic ring is 1. The van der Waals surface area contributed by atoms with Crippen LogP contribution in [0, 0.1) is 0 Å². The van der Waals surface area contributed by atoms with Crippen LogP contribution >= 0.6 is 27.7 Å². The minimum absolute atomic E-state index is 0.273. The highest BCUT2D eigenvalue weighted by Gasteiger charge is 2.16. The van der Waals surface area contributed by atoms with Crippen LogP contribution < -0.4 is 15.3 Å². The topological polar surface area (TPSA) is 75.2 Å². The summed E-state index contributed by atoms with van der Waals surface area (Å²) in [5, 5.41) is 8.30. The second kappa shape index (κ2) is 4.69. The monoisotopic (exact) mass is 328 g/mol. The Labute approximate surface area is 116 Å². The Hall–Kier alpha value is -1.41. The molecule has 0 saturated heterocycles. The van der Waals surface area contributed by atoms with Crippen molar-refractivity contribution in [2.45, 2.75) is 10.9 Å². The molecule has 8 heteroatoms. The zero-order chi connectivity index (χ0) is 12.5. The van der Waals surface area contributed by atoms with Crippen LogP contribution in [-0.4, -0.2) is 21.7 Å². The number of ether oxygens (including phenoxy) is 2. The van der Waals surface area contributed by atoms with E-state index in [1.165, 1.54) is 22.8 Å². The van der Waals surface area contributed by atoms with Gasteiger partial charge in [-0.2, -0.15) is 0 Å². The molecule has 1 aliphatic rings. The van der Waals surface area contributed by atoms with Crippen molar-refractivity contribution >= 4 is 27.7 Å². The molecule has 94 valence electrons. The molecular formula is C10H9BrN4O2S. The fraction of sp³-hybridized carbons (Fsp3) is 0.200. The molecule has 0 fully saturated rings. The molecule has 18 heavy (non-hydrogen) atoms. The Kier molecular flexibility index (Phi) is 3.04. The van der Waals surface area contributed by atoms with Gasteiger partial charge in [-0.3, -0.25) is 0 Å². The van der Waals surface area contributed by atoms with E-state index in [9.17, 15) is 0 Å². The number of nitrogens with zero attached hydrogens (tertiary/aromatic N) is 3. The van der Waals surface area contributed by atoms with Crippen molar-refractivity contribution in [2.24, 2.45) is 0 Å². The third-order valence-corrected chi connectivity index (χ3v) is 4.18. The first kappa shape index (κ1) is 11.7. The van der Waals surface area contributed by atoms with Crippen LogP contribution in [0.3, 0.4) is 0 Å². The van der Waals surface area contributed by atoms with Gasteiger partial charge in [0.25, 0.3) is 0 Å². The summed E-state index contributed by atoms with van der Waals surface area (Å²) in [7, 11) is 0. The highest BCUT2D eigenvalue weighted by molar-refractivity contribution is 9.10. The van der Waals surface area contributed by atoms with Gasteiger partial charge >= 0.3 is 0 Å². The highest BCUT2D eigenvalue weighted by atomic mass is 79.9. The van der Waals surface area contributed by atoms with Crippen molar-refractivity contribution in [2.75, 3.05) is 12.6 Å². The summed E-state index contributed by atoms with van der Waals surface area (Å²) in [6.45, 7) is 0.273. The van der Waals surface area contributed by atoms with Crippen LogP contribution in [0.25, 0.3) is 0 Å². The van der Waals surface area contributed by atoms with Gasteiger partial charge in [0.1, 0.15) is 6.33 Å². The smallest absolute Gasteiger partial charge is 0.231 e. The van der Waals surface area contributed by atoms with Crippen LogP contribution in [0.4, 0.5) is 0 Å². The molecule has 1 aliphatic heterocycles. The first-order valence-electron chi connectivity index (χ1n) is 5.10. The van der Waals surface area contributed by atoms with E-state index in [-0.39, 0.29) is 6.79 Å². The predicted octanol–water partition coefficient (Wildman–Crippen LogP) is 1.78. The summed E-state index contributed by atoms with van der Waals surface area (Å²) in [5.41, 5.74) is 1.09. The number of benzene rings is 1. The van der Waals surface area contributed by atoms with E-state index in [0.717, 1.165) is 21.5 Å². The first-order chi connectivity index (χ1) is 8.74. The molecule has 2 aromatic rings. The Balaban J connectivity index is 1.79. The van der Waals surface area contributed by atoms with Gasteiger partial charge in [-0.15, -0.1) is 10.2 Å². The number of hydrogen-bond donors (Lipinski definition) is 1. The zero-order valence-electron chi connectivity index (χ0n) is 9.17. The highest BCUT2D eigenvalue weighted by Crippen LogP contribution is 2.38. The predicted molar refractivity (Wildman–Crippen MR) is 70.0 cm³/mol. The van der Waals surface area contributed by atoms with Gasteiger partial charge in [0.05, 0.1) is 0 Å². The van der Waals surface area contributed by atoms with Gasteiger partial charge in [-0.25, -0.2) is 4.68 Å². The average Bonchev–Trinajstić information content (AvgIpc) is 2.95. The second-order valence-electron chi connectivity index (χ2n) is 3.61. The fourth-order valence-electron chi connectivity index (χ4n) is 1.55. The van der Waals surface area contributed by atoms with Crippen molar-refractivity contribution in [1.82, 2.24) is 14.9 Å². The quantitative estimate of drug-likeness (QED) is 0.683. The molecule has 0 aliphatic carbocycles. The Morgan fingerprint density at radius 1 is 1.39 bits per heavy atom. The van der Waals surface area contributed by atoms with E-state index < -0.39 is 0 Å². The van der Waals surface area contributed by atoms with Gasteiger partial charge in [0.2, 0.25) is 11.9 Å². The lowest BCUT2D eigenvalue weighted by Gasteiger charge is -2.05. The SMILES string of the molecule is Nn1cnnc1SCc1cc2c(cc1Br)OCO2. The summed E-state index contributed by atoms with van der Waals surface area (Å²) >= 11 is 5.01. The number of rotatable bonds is 3.